The highest BCUT2D eigenvalue weighted by molar-refractivity contribution is 7.13. The van der Waals surface area contributed by atoms with Crippen LogP contribution in [0.1, 0.15) is 38.3 Å². The second kappa shape index (κ2) is 5.15. The van der Waals surface area contributed by atoms with E-state index >= 15 is 0 Å². The van der Waals surface area contributed by atoms with Crippen LogP contribution in [0.3, 0.4) is 0 Å². The van der Waals surface area contributed by atoms with Gasteiger partial charge in [-0.1, -0.05) is 6.92 Å². The number of rotatable bonds is 3. The lowest BCUT2D eigenvalue weighted by molar-refractivity contribution is 0.384. The number of aromatic nitrogens is 1. The molecule has 0 saturated heterocycles. The molecule has 0 atom stereocenters. The molecular formula is C12H21N3S. The first-order valence-electron chi connectivity index (χ1n) is 6.13. The largest absolute Gasteiger partial charge is 0.348 e. The molecule has 0 aliphatic heterocycles. The number of anilines is 1. The summed E-state index contributed by atoms with van der Waals surface area (Å²) in [6, 6.07) is 1.06. The van der Waals surface area contributed by atoms with Crippen molar-refractivity contribution in [3.8, 4) is 0 Å². The Hall–Kier alpha value is -0.610. The molecule has 1 fully saturated rings. The van der Waals surface area contributed by atoms with Crippen LogP contribution in [0.5, 0.6) is 0 Å². The lowest BCUT2D eigenvalue weighted by Gasteiger charge is -2.33. The predicted octanol–water partition coefficient (Wildman–Crippen LogP) is 2.41. The van der Waals surface area contributed by atoms with Gasteiger partial charge in [0.2, 0.25) is 0 Å². The lowest BCUT2D eigenvalue weighted by Crippen LogP contribution is -2.38. The van der Waals surface area contributed by atoms with Crippen molar-refractivity contribution in [2.75, 3.05) is 11.9 Å². The molecule has 2 N–H and O–H groups in total. The summed E-state index contributed by atoms with van der Waals surface area (Å²) in [7, 11) is 2.17. The predicted molar refractivity (Wildman–Crippen MR) is 70.1 cm³/mol. The van der Waals surface area contributed by atoms with Gasteiger partial charge in [0, 0.05) is 24.5 Å². The van der Waals surface area contributed by atoms with Gasteiger partial charge in [0.15, 0.2) is 5.13 Å². The van der Waals surface area contributed by atoms with Crippen molar-refractivity contribution in [1.82, 2.24) is 4.98 Å². The van der Waals surface area contributed by atoms with Crippen LogP contribution in [0.25, 0.3) is 0 Å². The van der Waals surface area contributed by atoms with Crippen molar-refractivity contribution >= 4 is 16.5 Å². The van der Waals surface area contributed by atoms with Crippen molar-refractivity contribution in [2.45, 2.75) is 51.1 Å². The van der Waals surface area contributed by atoms with Gasteiger partial charge in [-0.05, 0) is 32.1 Å². The summed E-state index contributed by atoms with van der Waals surface area (Å²) < 4.78 is 0. The molecular weight excluding hydrogens is 218 g/mol. The Morgan fingerprint density at radius 3 is 2.69 bits per heavy atom. The normalized spacial score (nSPS) is 25.7. The lowest BCUT2D eigenvalue weighted by atomic mass is 9.91. The fraction of sp³-hybridized carbons (Fsp3) is 0.750. The molecule has 4 heteroatoms. The van der Waals surface area contributed by atoms with Gasteiger partial charge >= 0.3 is 0 Å². The zero-order valence-corrected chi connectivity index (χ0v) is 11.0. The zero-order chi connectivity index (χ0) is 11.5. The molecule has 1 aromatic heterocycles. The van der Waals surface area contributed by atoms with Crippen LogP contribution < -0.4 is 10.6 Å². The summed E-state index contributed by atoms with van der Waals surface area (Å²) >= 11 is 1.76. The van der Waals surface area contributed by atoms with Gasteiger partial charge in [0.25, 0.3) is 0 Å². The van der Waals surface area contributed by atoms with Gasteiger partial charge in [0.05, 0.1) is 5.69 Å². The van der Waals surface area contributed by atoms with Crippen LogP contribution in [0.2, 0.25) is 0 Å². The van der Waals surface area contributed by atoms with Crippen LogP contribution in [0.4, 0.5) is 5.13 Å². The Labute approximate surface area is 102 Å². The average molecular weight is 239 g/mol. The van der Waals surface area contributed by atoms with Crippen LogP contribution >= 0.6 is 11.3 Å². The molecule has 0 aromatic carbocycles. The van der Waals surface area contributed by atoms with Crippen LogP contribution in [0, 0.1) is 0 Å². The van der Waals surface area contributed by atoms with E-state index in [1.54, 1.807) is 11.3 Å². The summed E-state index contributed by atoms with van der Waals surface area (Å²) in [4.78, 5) is 6.98. The van der Waals surface area contributed by atoms with E-state index in [0.717, 1.165) is 24.4 Å². The molecule has 0 bridgehead atoms. The number of aryl methyl sites for hydroxylation is 1. The van der Waals surface area contributed by atoms with Gasteiger partial charge in [-0.15, -0.1) is 11.3 Å². The first kappa shape index (κ1) is 11.9. The number of nitrogens with two attached hydrogens (primary N) is 1. The fourth-order valence-corrected chi connectivity index (χ4v) is 3.21. The highest BCUT2D eigenvalue weighted by Crippen LogP contribution is 2.28. The maximum absolute atomic E-state index is 5.93. The van der Waals surface area contributed by atoms with E-state index in [1.807, 2.05) is 0 Å². The van der Waals surface area contributed by atoms with Crippen molar-refractivity contribution in [3.05, 3.63) is 11.1 Å². The standard InChI is InChI=1S/C12H21N3S/c1-3-10-8-16-12(14-10)15(2)11-6-4-9(13)5-7-11/h8-9,11H,3-7,13H2,1-2H3. The minimum Gasteiger partial charge on any atom is -0.348 e. The third kappa shape index (κ3) is 2.55. The fourth-order valence-electron chi connectivity index (χ4n) is 2.27. The Balaban J connectivity index is 1.98. The minimum absolute atomic E-state index is 0.423. The maximum atomic E-state index is 5.93. The molecule has 1 aromatic rings. The summed E-state index contributed by atoms with van der Waals surface area (Å²) in [6.45, 7) is 2.15. The van der Waals surface area contributed by atoms with Crippen LogP contribution in [0.15, 0.2) is 5.38 Å². The zero-order valence-electron chi connectivity index (χ0n) is 10.1. The summed E-state index contributed by atoms with van der Waals surface area (Å²) in [5.74, 6) is 0. The summed E-state index contributed by atoms with van der Waals surface area (Å²) in [5, 5.41) is 3.33. The van der Waals surface area contributed by atoms with Crippen molar-refractivity contribution in [2.24, 2.45) is 5.73 Å². The molecule has 0 amide bonds. The highest BCUT2D eigenvalue weighted by atomic mass is 32.1. The van der Waals surface area contributed by atoms with Gasteiger partial charge in [-0.2, -0.15) is 0 Å². The van der Waals surface area contributed by atoms with Crippen LogP contribution in [-0.2, 0) is 6.42 Å². The van der Waals surface area contributed by atoms with E-state index in [1.165, 1.54) is 18.5 Å². The van der Waals surface area contributed by atoms with Gasteiger partial charge in [-0.3, -0.25) is 0 Å². The number of hydrogen-bond donors (Lipinski definition) is 1. The van der Waals surface area contributed by atoms with Crippen molar-refractivity contribution < 1.29 is 0 Å². The molecule has 3 nitrogen and oxygen atoms in total. The molecule has 16 heavy (non-hydrogen) atoms. The highest BCUT2D eigenvalue weighted by Gasteiger charge is 2.23. The molecule has 1 aliphatic rings. The Kier molecular flexibility index (Phi) is 3.82. The van der Waals surface area contributed by atoms with E-state index in [4.69, 9.17) is 5.73 Å². The van der Waals surface area contributed by atoms with E-state index in [0.29, 0.717) is 12.1 Å². The average Bonchev–Trinajstić information content (AvgIpc) is 2.77. The van der Waals surface area contributed by atoms with Gasteiger partial charge < -0.3 is 10.6 Å². The molecule has 0 radical (unpaired) electrons. The monoisotopic (exact) mass is 239 g/mol. The quantitative estimate of drug-likeness (QED) is 0.881. The third-order valence-corrected chi connectivity index (χ3v) is 4.47. The smallest absolute Gasteiger partial charge is 0.185 e. The Morgan fingerprint density at radius 2 is 2.12 bits per heavy atom. The summed E-state index contributed by atoms with van der Waals surface area (Å²) in [6.07, 6.45) is 5.75. The Morgan fingerprint density at radius 1 is 1.44 bits per heavy atom. The van der Waals surface area contributed by atoms with E-state index in [2.05, 4.69) is 29.2 Å². The van der Waals surface area contributed by atoms with E-state index < -0.39 is 0 Å². The minimum atomic E-state index is 0.423. The van der Waals surface area contributed by atoms with E-state index in [9.17, 15) is 0 Å². The summed E-state index contributed by atoms with van der Waals surface area (Å²) in [5.41, 5.74) is 7.14. The van der Waals surface area contributed by atoms with Crippen molar-refractivity contribution in [1.29, 1.82) is 0 Å². The molecule has 0 spiro atoms. The number of thiazole rings is 1. The SMILES string of the molecule is CCc1csc(N(C)C2CCC(N)CC2)n1. The maximum Gasteiger partial charge on any atom is 0.185 e. The van der Waals surface area contributed by atoms with Crippen LogP contribution in [-0.4, -0.2) is 24.1 Å². The molecule has 0 unspecified atom stereocenters. The van der Waals surface area contributed by atoms with Crippen molar-refractivity contribution in [3.63, 3.8) is 0 Å². The van der Waals surface area contributed by atoms with Gasteiger partial charge in [-0.25, -0.2) is 4.98 Å². The van der Waals surface area contributed by atoms with Gasteiger partial charge in [0.1, 0.15) is 0 Å². The molecule has 1 saturated carbocycles. The molecule has 90 valence electrons. The Bertz CT molecular complexity index is 329. The first-order valence-corrected chi connectivity index (χ1v) is 7.01. The molecule has 1 heterocycles. The number of nitrogens with zero attached hydrogens (tertiary/aromatic N) is 2. The number of hydrogen-bond acceptors (Lipinski definition) is 4. The topological polar surface area (TPSA) is 42.1 Å². The second-order valence-corrected chi connectivity index (χ2v) is 5.49. The second-order valence-electron chi connectivity index (χ2n) is 4.65. The molecule has 1 aliphatic carbocycles. The molecule has 2 rings (SSSR count). The first-order chi connectivity index (χ1) is 7.70. The van der Waals surface area contributed by atoms with E-state index in [-0.39, 0.29) is 0 Å². The third-order valence-electron chi connectivity index (χ3n) is 3.49.